The van der Waals surface area contributed by atoms with Crippen molar-refractivity contribution in [2.75, 3.05) is 17.9 Å². The molecule has 0 aliphatic rings. The van der Waals surface area contributed by atoms with E-state index in [1.165, 1.54) is 10.1 Å². The van der Waals surface area contributed by atoms with Crippen LogP contribution in [0.5, 0.6) is 0 Å². The van der Waals surface area contributed by atoms with Gasteiger partial charge in [0.1, 0.15) is 6.54 Å². The third-order valence-electron chi connectivity index (χ3n) is 1.87. The van der Waals surface area contributed by atoms with Crippen LogP contribution in [0.3, 0.4) is 0 Å². The number of carbonyl (C=O) groups excluding carboxylic acids is 1. The first-order valence-corrected chi connectivity index (χ1v) is 7.92. The number of hydrogen-bond donors (Lipinski definition) is 2. The summed E-state index contributed by atoms with van der Waals surface area (Å²) in [5.41, 5.74) is 0.256. The second kappa shape index (κ2) is 7.04. The van der Waals surface area contributed by atoms with Gasteiger partial charge in [-0.3, -0.25) is 4.79 Å². The first-order valence-electron chi connectivity index (χ1n) is 5.55. The predicted molar refractivity (Wildman–Crippen MR) is 69.1 cm³/mol. The Morgan fingerprint density at radius 3 is 2.71 bits per heavy atom. The summed E-state index contributed by atoms with van der Waals surface area (Å²) in [6, 6.07) is 0. The molecule has 0 atom stereocenters. The van der Waals surface area contributed by atoms with Gasteiger partial charge in [-0.2, -0.15) is 26.3 Å². The van der Waals surface area contributed by atoms with Gasteiger partial charge in [-0.1, -0.05) is 0 Å². The number of alkyl halides is 3. The van der Waals surface area contributed by atoms with Crippen molar-refractivity contribution in [2.24, 2.45) is 0 Å². The van der Waals surface area contributed by atoms with Crippen molar-refractivity contribution >= 4 is 32.6 Å². The fraction of sp³-hybridized carbons (Fsp3) is 0.556. The van der Waals surface area contributed by atoms with E-state index in [2.05, 4.69) is 9.72 Å². The maximum Gasteiger partial charge on any atom is 0.402 e. The van der Waals surface area contributed by atoms with Gasteiger partial charge in [0.25, 0.3) is 0 Å². The Bertz CT molecular complexity index is 585. The van der Waals surface area contributed by atoms with Crippen LogP contribution in [0.4, 0.5) is 18.3 Å². The van der Waals surface area contributed by atoms with Crippen LogP contribution in [-0.4, -0.2) is 38.7 Å². The number of hydrogen-bond acceptors (Lipinski definition) is 6. The lowest BCUT2D eigenvalue weighted by Crippen LogP contribution is -2.37. The van der Waals surface area contributed by atoms with Gasteiger partial charge >= 0.3 is 22.4 Å². The Labute approximate surface area is 122 Å². The minimum absolute atomic E-state index is 0.149. The normalized spacial score (nSPS) is 12.2. The second-order valence-corrected chi connectivity index (χ2v) is 6.03. The molecular weight excluding hydrogens is 335 g/mol. The maximum absolute atomic E-state index is 11.9. The summed E-state index contributed by atoms with van der Waals surface area (Å²) < 4.78 is 66.3. The van der Waals surface area contributed by atoms with Crippen LogP contribution in [-0.2, 0) is 26.2 Å². The quantitative estimate of drug-likeness (QED) is 0.719. The first kappa shape index (κ1) is 17.7. The van der Waals surface area contributed by atoms with E-state index in [9.17, 15) is 26.4 Å². The molecule has 0 unspecified atom stereocenters. The monoisotopic (exact) mass is 347 g/mol. The van der Waals surface area contributed by atoms with Crippen LogP contribution in [0.25, 0.3) is 0 Å². The molecule has 12 heteroatoms. The first-order chi connectivity index (χ1) is 9.61. The van der Waals surface area contributed by atoms with E-state index in [1.807, 2.05) is 4.72 Å². The van der Waals surface area contributed by atoms with Gasteiger partial charge in [-0.15, -0.1) is 11.3 Å². The molecule has 0 radical (unpaired) electrons. The number of carbonyl (C=O) groups is 1. The summed E-state index contributed by atoms with van der Waals surface area (Å²) in [5, 5.41) is 1.25. The molecule has 0 saturated heterocycles. The summed E-state index contributed by atoms with van der Waals surface area (Å²) in [6.07, 6.45) is -4.81. The summed E-state index contributed by atoms with van der Waals surface area (Å²) in [5.74, 6) is -0.535. The van der Waals surface area contributed by atoms with E-state index < -0.39 is 28.9 Å². The van der Waals surface area contributed by atoms with Crippen LogP contribution < -0.4 is 9.44 Å². The highest BCUT2D eigenvalue weighted by molar-refractivity contribution is 7.91. The highest BCUT2D eigenvalue weighted by Gasteiger charge is 2.29. The third kappa shape index (κ3) is 7.24. The molecule has 0 fully saturated rings. The summed E-state index contributed by atoms with van der Waals surface area (Å²) in [6.45, 7) is 0.137. The van der Waals surface area contributed by atoms with E-state index in [4.69, 9.17) is 0 Å². The molecule has 7 nitrogen and oxygen atoms in total. The number of aromatic nitrogens is 1. The lowest BCUT2D eigenvalue weighted by atomic mass is 10.3. The molecule has 1 heterocycles. The zero-order valence-corrected chi connectivity index (χ0v) is 12.4. The van der Waals surface area contributed by atoms with Crippen molar-refractivity contribution in [2.45, 2.75) is 19.5 Å². The van der Waals surface area contributed by atoms with Gasteiger partial charge in [-0.05, 0) is 6.92 Å². The Balaban J connectivity index is 2.59. The van der Waals surface area contributed by atoms with E-state index in [0.29, 0.717) is 0 Å². The molecule has 0 amide bonds. The van der Waals surface area contributed by atoms with Crippen molar-refractivity contribution in [3.63, 3.8) is 0 Å². The van der Waals surface area contributed by atoms with Crippen LogP contribution in [0.15, 0.2) is 5.38 Å². The van der Waals surface area contributed by atoms with Crippen molar-refractivity contribution < 1.29 is 31.1 Å². The summed E-state index contributed by atoms with van der Waals surface area (Å²) >= 11 is 0.839. The van der Waals surface area contributed by atoms with Crippen molar-refractivity contribution in [3.05, 3.63) is 11.1 Å². The summed E-state index contributed by atoms with van der Waals surface area (Å²) in [4.78, 5) is 15.0. The Morgan fingerprint density at radius 1 is 1.48 bits per heavy atom. The number of rotatable bonds is 7. The average molecular weight is 347 g/mol. The van der Waals surface area contributed by atoms with E-state index >= 15 is 0 Å². The van der Waals surface area contributed by atoms with E-state index in [-0.39, 0.29) is 23.9 Å². The predicted octanol–water partition coefficient (Wildman–Crippen LogP) is 1.06. The minimum atomic E-state index is -4.66. The average Bonchev–Trinajstić information content (AvgIpc) is 2.72. The molecule has 21 heavy (non-hydrogen) atoms. The molecule has 1 aromatic rings. The fourth-order valence-corrected chi connectivity index (χ4v) is 2.90. The molecule has 2 N–H and O–H groups in total. The number of thiazole rings is 1. The standard InChI is InChI=1S/C9H12F3N3O4S2/c1-2-19-7(16)3-6-4-20-8(14-6)15-21(17,18)13-5-9(10,11)12/h4,13H,2-3,5H2,1H3,(H,14,15). The topological polar surface area (TPSA) is 97.4 Å². The van der Waals surface area contributed by atoms with Gasteiger partial charge in [0.2, 0.25) is 0 Å². The Kier molecular flexibility index (Phi) is 5.92. The highest BCUT2D eigenvalue weighted by atomic mass is 32.2. The smallest absolute Gasteiger partial charge is 0.402 e. The number of halogens is 3. The van der Waals surface area contributed by atoms with Crippen LogP contribution in [0.2, 0.25) is 0 Å². The zero-order chi connectivity index (χ0) is 16.1. The molecular formula is C9H12F3N3O4S2. The molecule has 1 aromatic heterocycles. The lowest BCUT2D eigenvalue weighted by molar-refractivity contribution is -0.142. The van der Waals surface area contributed by atoms with Gasteiger partial charge in [-0.25, -0.2) is 9.71 Å². The third-order valence-corrected chi connectivity index (χ3v) is 3.79. The van der Waals surface area contributed by atoms with E-state index in [0.717, 1.165) is 11.3 Å². The highest BCUT2D eigenvalue weighted by Crippen LogP contribution is 2.18. The second-order valence-electron chi connectivity index (χ2n) is 3.67. The largest absolute Gasteiger partial charge is 0.466 e. The van der Waals surface area contributed by atoms with Gasteiger partial charge in [0.05, 0.1) is 18.7 Å². The van der Waals surface area contributed by atoms with Crippen molar-refractivity contribution in [1.29, 1.82) is 0 Å². The molecule has 0 saturated carbocycles. The van der Waals surface area contributed by atoms with Crippen molar-refractivity contribution in [1.82, 2.24) is 9.71 Å². The molecule has 0 aliphatic heterocycles. The van der Waals surface area contributed by atoms with E-state index in [1.54, 1.807) is 6.92 Å². The number of anilines is 1. The van der Waals surface area contributed by atoms with Crippen LogP contribution in [0, 0.1) is 0 Å². The summed E-state index contributed by atoms with van der Waals surface area (Å²) in [7, 11) is -4.38. The minimum Gasteiger partial charge on any atom is -0.466 e. The van der Waals surface area contributed by atoms with Gasteiger partial charge in [0.15, 0.2) is 5.13 Å². The number of nitrogens with one attached hydrogen (secondary N) is 2. The Hall–Kier alpha value is -1.40. The van der Waals surface area contributed by atoms with Gasteiger partial charge < -0.3 is 4.74 Å². The fourth-order valence-electron chi connectivity index (χ4n) is 1.12. The van der Waals surface area contributed by atoms with Gasteiger partial charge in [0, 0.05) is 5.38 Å². The number of nitrogens with zero attached hydrogens (tertiary/aromatic N) is 1. The lowest BCUT2D eigenvalue weighted by Gasteiger charge is -2.09. The zero-order valence-electron chi connectivity index (χ0n) is 10.7. The molecule has 120 valence electrons. The maximum atomic E-state index is 11.9. The van der Waals surface area contributed by atoms with Crippen LogP contribution in [0.1, 0.15) is 12.6 Å². The number of esters is 1. The Morgan fingerprint density at radius 2 is 2.14 bits per heavy atom. The molecule has 1 rings (SSSR count). The van der Waals surface area contributed by atoms with Crippen molar-refractivity contribution in [3.8, 4) is 0 Å². The molecule has 0 spiro atoms. The molecule has 0 aromatic carbocycles. The molecule has 0 bridgehead atoms. The number of ether oxygens (including phenoxy) is 1. The van der Waals surface area contributed by atoms with Crippen LogP contribution >= 0.6 is 11.3 Å². The molecule has 0 aliphatic carbocycles. The SMILES string of the molecule is CCOC(=O)Cc1csc(NS(=O)(=O)NCC(F)(F)F)n1.